The van der Waals surface area contributed by atoms with Gasteiger partial charge in [0.05, 0.1) is 16.8 Å². The second-order valence-electron chi connectivity index (χ2n) is 2.73. The summed E-state index contributed by atoms with van der Waals surface area (Å²) in [5, 5.41) is 10.4. The predicted octanol–water partition coefficient (Wildman–Crippen LogP) is -1.08. The van der Waals surface area contributed by atoms with Gasteiger partial charge in [0.1, 0.15) is 12.1 Å². The van der Waals surface area contributed by atoms with Crippen LogP contribution >= 0.6 is 0 Å². The largest absolute Gasteiger partial charge is 0.316 e. The van der Waals surface area contributed by atoms with E-state index in [2.05, 4.69) is 4.98 Å². The van der Waals surface area contributed by atoms with Crippen LogP contribution in [0.3, 0.4) is 0 Å². The van der Waals surface area contributed by atoms with Crippen molar-refractivity contribution in [1.82, 2.24) is 4.98 Å². The van der Waals surface area contributed by atoms with E-state index in [1.165, 1.54) is 0 Å². The van der Waals surface area contributed by atoms with Crippen LogP contribution in [-0.2, 0) is 10.0 Å². The smallest absolute Gasteiger partial charge is 0.289 e. The van der Waals surface area contributed by atoms with E-state index < -0.39 is 20.8 Å². The molecule has 1 heterocycles. The van der Waals surface area contributed by atoms with Crippen molar-refractivity contribution in [1.29, 1.82) is 0 Å². The van der Waals surface area contributed by atoms with Crippen molar-refractivity contribution in [2.75, 3.05) is 10.3 Å². The maximum absolute atomic E-state index is 11.3. The highest BCUT2D eigenvalue weighted by Gasteiger charge is 2.19. The highest BCUT2D eigenvalue weighted by Crippen LogP contribution is 2.18. The number of aromatic nitrogens is 1. The van der Waals surface area contributed by atoms with Gasteiger partial charge in [0, 0.05) is 6.07 Å². The maximum atomic E-state index is 11.3. The molecule has 0 radical (unpaired) electrons. The normalized spacial score (nSPS) is 11.1. The molecule has 88 valence electrons. The highest BCUT2D eigenvalue weighted by molar-refractivity contribution is 7.92. The number of nitrogens with zero attached hydrogens (tertiary/aromatic N) is 3. The summed E-state index contributed by atoms with van der Waals surface area (Å²) in [7, 11) is -3.87. The molecule has 10 heteroatoms. The number of rotatable bonds is 4. The van der Waals surface area contributed by atoms with Crippen LogP contribution in [0.4, 0.5) is 11.4 Å². The fourth-order valence-electron chi connectivity index (χ4n) is 0.877. The minimum atomic E-state index is -3.87. The van der Waals surface area contributed by atoms with Gasteiger partial charge in [-0.05, 0) is 0 Å². The van der Waals surface area contributed by atoms with Gasteiger partial charge in [-0.2, -0.15) is 0 Å². The molecule has 0 fully saturated rings. The van der Waals surface area contributed by atoms with E-state index in [-0.39, 0.29) is 11.4 Å². The van der Waals surface area contributed by atoms with Crippen LogP contribution in [-0.4, -0.2) is 24.2 Å². The zero-order valence-corrected chi connectivity index (χ0v) is 8.79. The van der Waals surface area contributed by atoms with E-state index in [4.69, 9.17) is 11.6 Å². The lowest BCUT2D eigenvalue weighted by Crippen LogP contribution is -2.41. The lowest BCUT2D eigenvalue weighted by Gasteiger charge is -2.16. The Morgan fingerprint density at radius 2 is 2.12 bits per heavy atom. The number of hydrogen-bond donors (Lipinski definition) is 2. The van der Waals surface area contributed by atoms with Gasteiger partial charge in [0.25, 0.3) is 15.7 Å². The number of hydrogen-bond acceptors (Lipinski definition) is 7. The Kier molecular flexibility index (Phi) is 3.37. The van der Waals surface area contributed by atoms with Crippen molar-refractivity contribution < 1.29 is 13.3 Å². The molecule has 1 aromatic heterocycles. The third-order valence-corrected chi connectivity index (χ3v) is 2.92. The predicted molar refractivity (Wildman–Crippen MR) is 55.5 cm³/mol. The van der Waals surface area contributed by atoms with Crippen LogP contribution in [0.25, 0.3) is 0 Å². The summed E-state index contributed by atoms with van der Waals surface area (Å²) in [5.41, 5.74) is 4.49. The summed E-state index contributed by atoms with van der Waals surface area (Å²) in [6.07, 6.45) is 2.06. The average Bonchev–Trinajstić information content (AvgIpc) is 2.28. The van der Waals surface area contributed by atoms with Crippen LogP contribution in [0, 0.1) is 10.1 Å². The van der Waals surface area contributed by atoms with Crippen LogP contribution in [0.1, 0.15) is 0 Å². The number of nitrogens with two attached hydrogens (primary N) is 2. The molecule has 0 aliphatic heterocycles. The van der Waals surface area contributed by atoms with Crippen LogP contribution in [0.15, 0.2) is 18.5 Å². The number of pyridine rings is 1. The zero-order chi connectivity index (χ0) is 12.3. The van der Waals surface area contributed by atoms with Crippen molar-refractivity contribution in [3.8, 4) is 0 Å². The van der Waals surface area contributed by atoms with Gasteiger partial charge in [-0.15, -0.1) is 0 Å². The van der Waals surface area contributed by atoms with Gasteiger partial charge in [-0.1, -0.05) is 0 Å². The van der Waals surface area contributed by atoms with Crippen LogP contribution in [0.5, 0.6) is 0 Å². The summed E-state index contributed by atoms with van der Waals surface area (Å²) in [6, 6.07) is 0.986. The fraction of sp³-hybridized carbons (Fsp3) is 0.167. The summed E-state index contributed by atoms with van der Waals surface area (Å²) in [6.45, 7) is 0. The van der Waals surface area contributed by atoms with Gasteiger partial charge in [0.15, 0.2) is 0 Å². The third kappa shape index (κ3) is 2.42. The monoisotopic (exact) mass is 247 g/mol. The Hall–Kier alpha value is -1.78. The molecule has 4 N–H and O–H groups in total. The number of nitro groups is 1. The quantitative estimate of drug-likeness (QED) is 0.390. The van der Waals surface area contributed by atoms with Gasteiger partial charge in [-0.3, -0.25) is 15.1 Å². The molecule has 1 rings (SSSR count). The molecule has 0 amide bonds. The van der Waals surface area contributed by atoms with Crippen LogP contribution in [0.2, 0.25) is 0 Å². The highest BCUT2D eigenvalue weighted by atomic mass is 32.2. The van der Waals surface area contributed by atoms with Gasteiger partial charge < -0.3 is 5.73 Å². The van der Waals surface area contributed by atoms with E-state index in [1.54, 1.807) is 0 Å². The lowest BCUT2D eigenvalue weighted by molar-refractivity contribution is -0.385. The fourth-order valence-corrected chi connectivity index (χ4v) is 1.46. The second-order valence-corrected chi connectivity index (χ2v) is 4.62. The molecule has 0 aliphatic carbocycles. The summed E-state index contributed by atoms with van der Waals surface area (Å²) < 4.78 is 22.9. The third-order valence-electron chi connectivity index (χ3n) is 1.68. The first-order valence-electron chi connectivity index (χ1n) is 3.95. The van der Waals surface area contributed by atoms with Gasteiger partial charge in [0.2, 0.25) is 0 Å². The Balaban J connectivity index is 3.15. The van der Waals surface area contributed by atoms with Gasteiger partial charge >= 0.3 is 0 Å². The first-order chi connectivity index (χ1) is 7.38. The molecule has 0 spiro atoms. The molecule has 9 nitrogen and oxygen atoms in total. The van der Waals surface area contributed by atoms with Crippen molar-refractivity contribution in [3.05, 3.63) is 28.6 Å². The Labute approximate surface area is 90.8 Å². The van der Waals surface area contributed by atoms with E-state index >= 15 is 0 Å². The van der Waals surface area contributed by atoms with Crippen molar-refractivity contribution >= 4 is 21.4 Å². The molecule has 1 aromatic rings. The molecule has 0 bridgehead atoms. The Bertz CT molecular complexity index is 501. The number of sulfonamides is 1. The first-order valence-corrected chi connectivity index (χ1v) is 5.56. The molecule has 16 heavy (non-hydrogen) atoms. The molecule has 0 aromatic carbocycles. The maximum Gasteiger partial charge on any atom is 0.289 e. The zero-order valence-electron chi connectivity index (χ0n) is 7.98. The molecule has 0 atom stereocenters. The van der Waals surface area contributed by atoms with E-state index in [0.29, 0.717) is 4.41 Å². The number of hydrazine groups is 1. The van der Waals surface area contributed by atoms with E-state index in [1.807, 2.05) is 0 Å². The molecule has 0 unspecified atom stereocenters. The molecule has 0 saturated heterocycles. The summed E-state index contributed by atoms with van der Waals surface area (Å²) in [5.74, 6) is 4.55. The minimum absolute atomic E-state index is 0.125. The van der Waals surface area contributed by atoms with Crippen molar-refractivity contribution in [2.45, 2.75) is 0 Å². The van der Waals surface area contributed by atoms with E-state index in [0.717, 1.165) is 18.5 Å². The second kappa shape index (κ2) is 4.38. The average molecular weight is 247 g/mol. The van der Waals surface area contributed by atoms with Gasteiger partial charge in [-0.25, -0.2) is 18.7 Å². The first kappa shape index (κ1) is 12.3. The SMILES string of the molecule is NCS(=O)(=O)N(N)c1cncc([N+](=O)[O-])c1. The Morgan fingerprint density at radius 1 is 1.50 bits per heavy atom. The number of anilines is 1. The summed E-state index contributed by atoms with van der Waals surface area (Å²) in [4.78, 5) is 13.2. The van der Waals surface area contributed by atoms with Crippen LogP contribution < -0.4 is 16.0 Å². The van der Waals surface area contributed by atoms with Crippen molar-refractivity contribution in [2.24, 2.45) is 11.6 Å². The Morgan fingerprint density at radius 3 is 2.62 bits per heavy atom. The molecule has 0 aliphatic rings. The molecular formula is C6H9N5O4S. The topological polar surface area (TPSA) is 145 Å². The van der Waals surface area contributed by atoms with E-state index in [9.17, 15) is 18.5 Å². The lowest BCUT2D eigenvalue weighted by atomic mass is 10.4. The molecular weight excluding hydrogens is 238 g/mol. The summed E-state index contributed by atoms with van der Waals surface area (Å²) >= 11 is 0. The standard InChI is InChI=1S/C6H9N5O4S/c7-4-16(14,15)10(8)5-1-6(11(12)13)3-9-2-5/h1-3H,4,7-8H2. The molecule has 0 saturated carbocycles. The van der Waals surface area contributed by atoms with Crippen molar-refractivity contribution in [3.63, 3.8) is 0 Å². The minimum Gasteiger partial charge on any atom is -0.316 e.